The molecule has 2 fully saturated rings. The third kappa shape index (κ3) is 2.29. The number of nitrogens with one attached hydrogen (secondary N) is 1. The molecular weight excluding hydrogens is 172 g/mol. The lowest BCUT2D eigenvalue weighted by Crippen LogP contribution is -2.45. The number of likely N-dealkylation sites (tertiary alicyclic amines) is 1. The summed E-state index contributed by atoms with van der Waals surface area (Å²) in [5.74, 6) is 0.970. The average Bonchev–Trinajstić information content (AvgIpc) is 2.74. The molecule has 2 nitrogen and oxygen atoms in total. The van der Waals surface area contributed by atoms with Crippen molar-refractivity contribution >= 4 is 0 Å². The molecule has 0 radical (unpaired) electrons. The third-order valence-corrected chi connectivity index (χ3v) is 4.11. The van der Waals surface area contributed by atoms with Crippen molar-refractivity contribution in [3.05, 3.63) is 0 Å². The maximum absolute atomic E-state index is 3.41. The van der Waals surface area contributed by atoms with Crippen molar-refractivity contribution in [1.29, 1.82) is 0 Å². The Morgan fingerprint density at radius 2 is 2.14 bits per heavy atom. The lowest BCUT2D eigenvalue weighted by molar-refractivity contribution is 0.182. The van der Waals surface area contributed by atoms with E-state index in [2.05, 4.69) is 31.1 Å². The number of piperidine rings is 1. The first-order valence-corrected chi connectivity index (χ1v) is 6.01. The molecule has 0 aromatic rings. The fourth-order valence-electron chi connectivity index (χ4n) is 2.66. The molecule has 0 aromatic carbocycles. The fourth-order valence-corrected chi connectivity index (χ4v) is 2.66. The van der Waals surface area contributed by atoms with Crippen LogP contribution in [0.4, 0.5) is 0 Å². The molecule has 0 spiro atoms. The Balaban J connectivity index is 1.76. The second-order valence-electron chi connectivity index (χ2n) is 5.78. The van der Waals surface area contributed by atoms with Gasteiger partial charge in [-0.15, -0.1) is 0 Å². The van der Waals surface area contributed by atoms with E-state index in [1.165, 1.54) is 38.9 Å². The standard InChI is InChI=1S/C12H24N2/c1-12(2)7-10(12)8-14-6-4-5-11(9-14)13-3/h10-11,13H,4-9H2,1-3H3. The first-order valence-electron chi connectivity index (χ1n) is 6.01. The Kier molecular flexibility index (Phi) is 2.85. The minimum atomic E-state index is 0.645. The molecule has 82 valence electrons. The van der Waals surface area contributed by atoms with Crippen LogP contribution in [-0.4, -0.2) is 37.6 Å². The predicted molar refractivity (Wildman–Crippen MR) is 60.4 cm³/mol. The number of hydrogen-bond acceptors (Lipinski definition) is 2. The summed E-state index contributed by atoms with van der Waals surface area (Å²) in [7, 11) is 2.09. The van der Waals surface area contributed by atoms with Crippen molar-refractivity contribution in [3.63, 3.8) is 0 Å². The highest BCUT2D eigenvalue weighted by Crippen LogP contribution is 2.51. The Morgan fingerprint density at radius 3 is 2.71 bits per heavy atom. The molecule has 0 bridgehead atoms. The van der Waals surface area contributed by atoms with Crippen LogP contribution in [0.1, 0.15) is 33.1 Å². The zero-order chi connectivity index (χ0) is 10.2. The Hall–Kier alpha value is -0.0800. The van der Waals surface area contributed by atoms with Gasteiger partial charge in [0.15, 0.2) is 0 Å². The van der Waals surface area contributed by atoms with E-state index in [1.54, 1.807) is 0 Å². The molecule has 2 atom stereocenters. The Bertz CT molecular complexity index is 200. The molecule has 14 heavy (non-hydrogen) atoms. The van der Waals surface area contributed by atoms with Gasteiger partial charge in [-0.05, 0) is 44.2 Å². The maximum Gasteiger partial charge on any atom is 0.0192 e. The molecule has 1 saturated heterocycles. The predicted octanol–water partition coefficient (Wildman–Crippen LogP) is 1.72. The van der Waals surface area contributed by atoms with Gasteiger partial charge < -0.3 is 10.2 Å². The number of rotatable bonds is 3. The van der Waals surface area contributed by atoms with Gasteiger partial charge in [-0.25, -0.2) is 0 Å². The van der Waals surface area contributed by atoms with Crippen LogP contribution in [-0.2, 0) is 0 Å². The quantitative estimate of drug-likeness (QED) is 0.739. The first kappa shape index (κ1) is 10.4. The molecule has 2 heteroatoms. The van der Waals surface area contributed by atoms with Gasteiger partial charge in [0, 0.05) is 19.1 Å². The maximum atomic E-state index is 3.41. The van der Waals surface area contributed by atoms with Crippen molar-refractivity contribution in [3.8, 4) is 0 Å². The number of nitrogens with zero attached hydrogens (tertiary/aromatic N) is 1. The molecule has 1 aliphatic heterocycles. The lowest BCUT2D eigenvalue weighted by atomic mass is 10.0. The topological polar surface area (TPSA) is 15.3 Å². The number of hydrogen-bond donors (Lipinski definition) is 1. The van der Waals surface area contributed by atoms with Gasteiger partial charge in [0.05, 0.1) is 0 Å². The molecular formula is C12H24N2. The van der Waals surface area contributed by atoms with E-state index in [4.69, 9.17) is 0 Å². The van der Waals surface area contributed by atoms with E-state index in [9.17, 15) is 0 Å². The van der Waals surface area contributed by atoms with Crippen molar-refractivity contribution in [2.45, 2.75) is 39.2 Å². The molecule has 1 aliphatic carbocycles. The molecule has 2 rings (SSSR count). The molecule has 2 aliphatic rings. The van der Waals surface area contributed by atoms with Crippen LogP contribution in [0.15, 0.2) is 0 Å². The smallest absolute Gasteiger partial charge is 0.0192 e. The van der Waals surface area contributed by atoms with E-state index in [0.717, 1.165) is 12.0 Å². The zero-order valence-electron chi connectivity index (χ0n) is 9.84. The van der Waals surface area contributed by atoms with E-state index in [1.807, 2.05) is 0 Å². The van der Waals surface area contributed by atoms with Crippen molar-refractivity contribution in [1.82, 2.24) is 10.2 Å². The summed E-state index contributed by atoms with van der Waals surface area (Å²) in [4.78, 5) is 2.66. The van der Waals surface area contributed by atoms with Crippen LogP contribution in [0.25, 0.3) is 0 Å². The molecule has 1 heterocycles. The van der Waals surface area contributed by atoms with Crippen LogP contribution >= 0.6 is 0 Å². The van der Waals surface area contributed by atoms with Crippen LogP contribution in [0.5, 0.6) is 0 Å². The third-order valence-electron chi connectivity index (χ3n) is 4.11. The van der Waals surface area contributed by atoms with Crippen LogP contribution < -0.4 is 5.32 Å². The number of likely N-dealkylation sites (N-methyl/N-ethyl adjacent to an activating group) is 1. The van der Waals surface area contributed by atoms with E-state index in [0.29, 0.717) is 5.41 Å². The van der Waals surface area contributed by atoms with Gasteiger partial charge in [0.1, 0.15) is 0 Å². The van der Waals surface area contributed by atoms with E-state index >= 15 is 0 Å². The van der Waals surface area contributed by atoms with Crippen molar-refractivity contribution in [2.24, 2.45) is 11.3 Å². The van der Waals surface area contributed by atoms with Gasteiger partial charge in [0.25, 0.3) is 0 Å². The molecule has 2 unspecified atom stereocenters. The average molecular weight is 196 g/mol. The molecule has 1 saturated carbocycles. The monoisotopic (exact) mass is 196 g/mol. The Morgan fingerprint density at radius 1 is 1.43 bits per heavy atom. The van der Waals surface area contributed by atoms with Gasteiger partial charge in [0.2, 0.25) is 0 Å². The summed E-state index contributed by atoms with van der Waals surface area (Å²) in [5, 5.41) is 3.41. The highest BCUT2D eigenvalue weighted by molar-refractivity contribution is 4.97. The summed E-state index contributed by atoms with van der Waals surface area (Å²) >= 11 is 0. The molecule has 0 amide bonds. The highest BCUT2D eigenvalue weighted by Gasteiger charge is 2.46. The van der Waals surface area contributed by atoms with Crippen molar-refractivity contribution in [2.75, 3.05) is 26.7 Å². The summed E-state index contributed by atoms with van der Waals surface area (Å²) in [6.45, 7) is 8.73. The SMILES string of the molecule is CNC1CCCN(CC2CC2(C)C)C1. The summed E-state index contributed by atoms with van der Waals surface area (Å²) in [5.41, 5.74) is 0.645. The fraction of sp³-hybridized carbons (Fsp3) is 1.00. The second-order valence-corrected chi connectivity index (χ2v) is 5.78. The van der Waals surface area contributed by atoms with E-state index in [-0.39, 0.29) is 0 Å². The van der Waals surface area contributed by atoms with E-state index < -0.39 is 0 Å². The van der Waals surface area contributed by atoms with Gasteiger partial charge in [-0.3, -0.25) is 0 Å². The van der Waals surface area contributed by atoms with Crippen LogP contribution in [0, 0.1) is 11.3 Å². The van der Waals surface area contributed by atoms with Gasteiger partial charge in [-0.2, -0.15) is 0 Å². The Labute approximate surface area is 88.1 Å². The normalized spacial score (nSPS) is 37.1. The van der Waals surface area contributed by atoms with Crippen LogP contribution in [0.3, 0.4) is 0 Å². The summed E-state index contributed by atoms with van der Waals surface area (Å²) < 4.78 is 0. The van der Waals surface area contributed by atoms with Gasteiger partial charge >= 0.3 is 0 Å². The minimum Gasteiger partial charge on any atom is -0.316 e. The largest absolute Gasteiger partial charge is 0.316 e. The zero-order valence-corrected chi connectivity index (χ0v) is 9.84. The molecule has 0 aromatic heterocycles. The van der Waals surface area contributed by atoms with Crippen LogP contribution in [0.2, 0.25) is 0 Å². The summed E-state index contributed by atoms with van der Waals surface area (Å²) in [6.07, 6.45) is 4.17. The summed E-state index contributed by atoms with van der Waals surface area (Å²) in [6, 6.07) is 0.741. The van der Waals surface area contributed by atoms with Crippen molar-refractivity contribution < 1.29 is 0 Å². The second kappa shape index (κ2) is 3.82. The van der Waals surface area contributed by atoms with Gasteiger partial charge in [-0.1, -0.05) is 13.8 Å². The first-order chi connectivity index (χ1) is 6.62. The minimum absolute atomic E-state index is 0.645. The lowest BCUT2D eigenvalue weighted by Gasteiger charge is -2.32. The molecule has 1 N–H and O–H groups in total. The highest BCUT2D eigenvalue weighted by atomic mass is 15.2.